The number of nitrogens with zero attached hydrogens (tertiary/aromatic N) is 1. The summed E-state index contributed by atoms with van der Waals surface area (Å²) in [6, 6.07) is -0.203. The number of hydrogen-bond acceptors (Lipinski definition) is 2. The molecule has 13 heavy (non-hydrogen) atoms. The van der Waals surface area contributed by atoms with Crippen molar-refractivity contribution in [3.8, 4) is 0 Å². The summed E-state index contributed by atoms with van der Waals surface area (Å²) >= 11 is 0. The summed E-state index contributed by atoms with van der Waals surface area (Å²) in [6.45, 7) is 6.69. The molecule has 0 amide bonds. The maximum absolute atomic E-state index is 11.4. The summed E-state index contributed by atoms with van der Waals surface area (Å²) in [5.41, 5.74) is 0. The highest BCUT2D eigenvalue weighted by molar-refractivity contribution is 5.76. The van der Waals surface area contributed by atoms with Crippen LogP contribution in [0.5, 0.6) is 0 Å². The topological polar surface area (TPSA) is 40.4 Å². The second-order valence-electron chi connectivity index (χ2n) is 4.04. The molecule has 75 valence electrons. The number of hydrogen-bond donors (Lipinski definition) is 0. The molecule has 3 nitrogen and oxygen atoms in total. The van der Waals surface area contributed by atoms with Crippen molar-refractivity contribution >= 4 is 5.97 Å². The van der Waals surface area contributed by atoms with Crippen LogP contribution < -0.4 is 5.32 Å². The van der Waals surface area contributed by atoms with Crippen molar-refractivity contribution in [3.63, 3.8) is 0 Å². The molecule has 1 fully saturated rings. The third kappa shape index (κ3) is 3.35. The molecule has 1 radical (unpaired) electrons. The molecular formula is C10H18NO2. The molecular weight excluding hydrogens is 166 g/mol. The monoisotopic (exact) mass is 184 g/mol. The first-order valence-corrected chi connectivity index (χ1v) is 4.96. The third-order valence-corrected chi connectivity index (χ3v) is 2.22. The van der Waals surface area contributed by atoms with Crippen LogP contribution in [0.4, 0.5) is 0 Å². The predicted molar refractivity (Wildman–Crippen MR) is 50.4 cm³/mol. The van der Waals surface area contributed by atoms with Gasteiger partial charge in [0.15, 0.2) is 0 Å². The van der Waals surface area contributed by atoms with E-state index in [-0.39, 0.29) is 18.1 Å². The number of piperidine rings is 1. The zero-order valence-corrected chi connectivity index (χ0v) is 8.62. The Morgan fingerprint density at radius 3 is 2.77 bits per heavy atom. The van der Waals surface area contributed by atoms with Gasteiger partial charge in [0, 0.05) is 6.54 Å². The lowest BCUT2D eigenvalue weighted by molar-refractivity contribution is -0.151. The summed E-state index contributed by atoms with van der Waals surface area (Å²) in [7, 11) is 0. The van der Waals surface area contributed by atoms with Crippen LogP contribution in [0.25, 0.3) is 0 Å². The first-order valence-electron chi connectivity index (χ1n) is 4.96. The van der Waals surface area contributed by atoms with E-state index < -0.39 is 0 Å². The van der Waals surface area contributed by atoms with Crippen molar-refractivity contribution in [3.05, 3.63) is 0 Å². The number of rotatable bonds is 2. The molecule has 0 aliphatic carbocycles. The predicted octanol–water partition coefficient (Wildman–Crippen LogP) is 1.34. The van der Waals surface area contributed by atoms with Gasteiger partial charge in [-0.05, 0) is 32.6 Å². The van der Waals surface area contributed by atoms with Crippen LogP contribution in [0.1, 0.15) is 33.6 Å². The summed E-state index contributed by atoms with van der Waals surface area (Å²) in [6.07, 6.45) is 1.93. The van der Waals surface area contributed by atoms with Gasteiger partial charge in [0.2, 0.25) is 0 Å². The molecule has 2 unspecified atom stereocenters. The van der Waals surface area contributed by atoms with Crippen molar-refractivity contribution < 1.29 is 9.53 Å². The van der Waals surface area contributed by atoms with Crippen molar-refractivity contribution in [1.29, 1.82) is 0 Å². The van der Waals surface area contributed by atoms with Gasteiger partial charge in [0.05, 0.1) is 6.10 Å². The first kappa shape index (κ1) is 10.5. The van der Waals surface area contributed by atoms with Crippen LogP contribution in [0.3, 0.4) is 0 Å². The van der Waals surface area contributed by atoms with E-state index in [1.54, 1.807) is 0 Å². The maximum atomic E-state index is 11.4. The van der Waals surface area contributed by atoms with Gasteiger partial charge in [0.1, 0.15) is 6.04 Å². The maximum Gasteiger partial charge on any atom is 0.325 e. The van der Waals surface area contributed by atoms with Gasteiger partial charge in [-0.25, -0.2) is 5.32 Å². The summed E-state index contributed by atoms with van der Waals surface area (Å²) < 4.78 is 5.11. The Bertz CT molecular complexity index is 180. The lowest BCUT2D eigenvalue weighted by Crippen LogP contribution is -2.40. The quantitative estimate of drug-likeness (QED) is 0.608. The average Bonchev–Trinajstić information content (AvgIpc) is 2.03. The Labute approximate surface area is 79.8 Å². The fourth-order valence-electron chi connectivity index (χ4n) is 1.51. The van der Waals surface area contributed by atoms with Gasteiger partial charge in [0.25, 0.3) is 0 Å². The molecule has 1 aliphatic rings. The Hall–Kier alpha value is -0.570. The fourth-order valence-corrected chi connectivity index (χ4v) is 1.51. The Kier molecular flexibility index (Phi) is 3.72. The third-order valence-electron chi connectivity index (χ3n) is 2.22. The van der Waals surface area contributed by atoms with Gasteiger partial charge in [-0.2, -0.15) is 0 Å². The fraction of sp³-hybridized carbons (Fsp3) is 0.900. The normalized spacial score (nSPS) is 28.9. The highest BCUT2D eigenvalue weighted by Crippen LogP contribution is 2.17. The van der Waals surface area contributed by atoms with Gasteiger partial charge < -0.3 is 4.74 Å². The van der Waals surface area contributed by atoms with Gasteiger partial charge in [-0.15, -0.1) is 0 Å². The van der Waals surface area contributed by atoms with Crippen molar-refractivity contribution in [2.75, 3.05) is 6.54 Å². The minimum absolute atomic E-state index is 0.0278. The van der Waals surface area contributed by atoms with E-state index in [1.165, 1.54) is 0 Å². The lowest BCUT2D eigenvalue weighted by Gasteiger charge is -2.25. The van der Waals surface area contributed by atoms with E-state index in [4.69, 9.17) is 4.74 Å². The van der Waals surface area contributed by atoms with Crippen LogP contribution in [-0.4, -0.2) is 24.7 Å². The SMILES string of the molecule is CC1CC[N]C(C(=O)OC(C)C)C1. The molecule has 0 bridgehead atoms. The number of carbonyl (C=O) groups is 1. The Morgan fingerprint density at radius 1 is 1.54 bits per heavy atom. The van der Waals surface area contributed by atoms with Crippen LogP contribution in [0, 0.1) is 5.92 Å². The zero-order valence-electron chi connectivity index (χ0n) is 8.62. The lowest BCUT2D eigenvalue weighted by atomic mass is 9.94. The Balaban J connectivity index is 2.37. The highest BCUT2D eigenvalue weighted by Gasteiger charge is 2.27. The van der Waals surface area contributed by atoms with Crippen molar-refractivity contribution in [1.82, 2.24) is 5.32 Å². The van der Waals surface area contributed by atoms with E-state index in [0.717, 1.165) is 19.4 Å². The first-order chi connectivity index (χ1) is 6.09. The summed E-state index contributed by atoms with van der Waals surface area (Å²) in [4.78, 5) is 11.4. The second-order valence-corrected chi connectivity index (χ2v) is 4.04. The van der Waals surface area contributed by atoms with Crippen LogP contribution >= 0.6 is 0 Å². The number of ether oxygens (including phenoxy) is 1. The van der Waals surface area contributed by atoms with Crippen LogP contribution in [-0.2, 0) is 9.53 Å². The molecule has 1 saturated heterocycles. The second kappa shape index (κ2) is 4.61. The van der Waals surface area contributed by atoms with Crippen molar-refractivity contribution in [2.24, 2.45) is 5.92 Å². The smallest absolute Gasteiger partial charge is 0.325 e. The van der Waals surface area contributed by atoms with E-state index in [2.05, 4.69) is 12.2 Å². The summed E-state index contributed by atoms with van der Waals surface area (Å²) in [5, 5.41) is 4.26. The van der Waals surface area contributed by atoms with Gasteiger partial charge in [-0.3, -0.25) is 4.79 Å². The molecule has 1 rings (SSSR count). The largest absolute Gasteiger partial charge is 0.462 e. The Morgan fingerprint density at radius 2 is 2.23 bits per heavy atom. The van der Waals surface area contributed by atoms with E-state index in [1.807, 2.05) is 13.8 Å². The standard InChI is InChI=1S/C10H18NO2/c1-7(2)13-10(12)9-6-8(3)4-5-11-9/h7-9H,4-6H2,1-3H3. The molecule has 0 aromatic rings. The molecule has 1 aliphatic heterocycles. The molecule has 0 aromatic carbocycles. The molecule has 0 N–H and O–H groups in total. The van der Waals surface area contributed by atoms with E-state index in [0.29, 0.717) is 5.92 Å². The van der Waals surface area contributed by atoms with Crippen molar-refractivity contribution in [2.45, 2.75) is 45.8 Å². The highest BCUT2D eigenvalue weighted by atomic mass is 16.5. The van der Waals surface area contributed by atoms with Gasteiger partial charge >= 0.3 is 5.97 Å². The van der Waals surface area contributed by atoms with E-state index >= 15 is 0 Å². The zero-order chi connectivity index (χ0) is 9.84. The van der Waals surface area contributed by atoms with E-state index in [9.17, 15) is 4.79 Å². The molecule has 0 aromatic heterocycles. The average molecular weight is 184 g/mol. The van der Waals surface area contributed by atoms with Gasteiger partial charge in [-0.1, -0.05) is 6.92 Å². The summed E-state index contributed by atoms with van der Waals surface area (Å²) in [5.74, 6) is 0.448. The molecule has 3 heteroatoms. The van der Waals surface area contributed by atoms with Crippen LogP contribution in [0.15, 0.2) is 0 Å². The number of carbonyl (C=O) groups excluding carboxylic acids is 1. The minimum atomic E-state index is -0.203. The van der Waals surface area contributed by atoms with Crippen LogP contribution in [0.2, 0.25) is 0 Å². The number of esters is 1. The molecule has 2 atom stereocenters. The molecule has 0 spiro atoms. The minimum Gasteiger partial charge on any atom is -0.462 e. The molecule has 1 heterocycles. The molecule has 0 saturated carbocycles.